The van der Waals surface area contributed by atoms with E-state index in [1.54, 1.807) is 0 Å². The van der Waals surface area contributed by atoms with E-state index in [1.165, 1.54) is 57.8 Å². The maximum atomic E-state index is 9.61. The average molecular weight is 239 g/mol. The fraction of sp³-hybridized carbons (Fsp3) is 1.00. The third kappa shape index (κ3) is 3.96. The summed E-state index contributed by atoms with van der Waals surface area (Å²) in [5.41, 5.74) is 0. The Bertz CT molecular complexity index is 205. The molecule has 0 bridgehead atoms. The van der Waals surface area contributed by atoms with E-state index in [4.69, 9.17) is 0 Å². The quantitative estimate of drug-likeness (QED) is 0.790. The van der Waals surface area contributed by atoms with Crippen LogP contribution in [0, 0.1) is 11.8 Å². The van der Waals surface area contributed by atoms with Crippen molar-refractivity contribution in [3.8, 4) is 0 Å². The number of hydrogen-bond acceptors (Lipinski definition) is 2. The van der Waals surface area contributed by atoms with E-state index < -0.39 is 0 Å². The molecule has 0 aromatic carbocycles. The summed E-state index contributed by atoms with van der Waals surface area (Å²) in [6.45, 7) is 2.69. The van der Waals surface area contributed by atoms with Crippen molar-refractivity contribution in [1.82, 2.24) is 5.32 Å². The van der Waals surface area contributed by atoms with Crippen molar-refractivity contribution in [3.05, 3.63) is 0 Å². The third-order valence-corrected chi connectivity index (χ3v) is 4.88. The van der Waals surface area contributed by atoms with Gasteiger partial charge in [0.2, 0.25) is 0 Å². The highest BCUT2D eigenvalue weighted by Gasteiger charge is 2.27. The maximum Gasteiger partial charge on any atom is 0.0587 e. The minimum absolute atomic E-state index is 0.329. The first-order valence-corrected chi connectivity index (χ1v) is 7.66. The van der Waals surface area contributed by atoms with Gasteiger partial charge in [0, 0.05) is 12.1 Å². The predicted octanol–water partition coefficient (Wildman–Crippen LogP) is 3.10. The second kappa shape index (κ2) is 6.75. The molecule has 0 aliphatic heterocycles. The number of hydrogen-bond donors (Lipinski definition) is 2. The Kier molecular flexibility index (Phi) is 5.30. The number of aliphatic hydroxyl groups excluding tert-OH is 1. The molecule has 1 atom stereocenters. The number of rotatable bonds is 4. The highest BCUT2D eigenvalue weighted by atomic mass is 16.3. The van der Waals surface area contributed by atoms with Gasteiger partial charge in [0.15, 0.2) is 0 Å². The zero-order valence-corrected chi connectivity index (χ0v) is 11.3. The van der Waals surface area contributed by atoms with Crippen molar-refractivity contribution in [2.45, 2.75) is 76.8 Å². The van der Waals surface area contributed by atoms with E-state index in [0.717, 1.165) is 11.8 Å². The number of nitrogens with one attached hydrogen (secondary N) is 1. The van der Waals surface area contributed by atoms with Gasteiger partial charge in [-0.3, -0.25) is 0 Å². The highest BCUT2D eigenvalue weighted by Crippen LogP contribution is 2.31. The van der Waals surface area contributed by atoms with Crippen LogP contribution in [-0.2, 0) is 0 Å². The van der Waals surface area contributed by atoms with Crippen LogP contribution < -0.4 is 5.32 Å². The minimum Gasteiger partial charge on any atom is -0.395 e. The molecule has 17 heavy (non-hydrogen) atoms. The first-order valence-electron chi connectivity index (χ1n) is 7.66. The van der Waals surface area contributed by atoms with Crippen LogP contribution in [0.25, 0.3) is 0 Å². The van der Waals surface area contributed by atoms with Crippen LogP contribution in [0.4, 0.5) is 0 Å². The summed E-state index contributed by atoms with van der Waals surface area (Å²) in [5.74, 6) is 1.62. The van der Waals surface area contributed by atoms with Crippen LogP contribution in [-0.4, -0.2) is 23.8 Å². The van der Waals surface area contributed by atoms with E-state index in [-0.39, 0.29) is 0 Å². The standard InChI is InChI=1S/C15H29NO/c1-12-7-9-13(10-8-12)15(11-17)16-14-5-3-2-4-6-14/h12-17H,2-11H2,1H3. The van der Waals surface area contributed by atoms with E-state index in [0.29, 0.717) is 18.7 Å². The molecule has 2 aliphatic rings. The molecule has 2 heteroatoms. The van der Waals surface area contributed by atoms with Gasteiger partial charge in [-0.2, -0.15) is 0 Å². The minimum atomic E-state index is 0.329. The molecule has 2 rings (SSSR count). The van der Waals surface area contributed by atoms with Crippen molar-refractivity contribution < 1.29 is 5.11 Å². The Morgan fingerprint density at radius 2 is 1.65 bits per heavy atom. The normalized spacial score (nSPS) is 33.5. The summed E-state index contributed by atoms with van der Waals surface area (Å²) in [5, 5.41) is 13.4. The molecule has 2 aliphatic carbocycles. The van der Waals surface area contributed by atoms with Crippen molar-refractivity contribution in [2.24, 2.45) is 11.8 Å². The molecular formula is C15H29NO. The molecule has 2 fully saturated rings. The molecule has 2 nitrogen and oxygen atoms in total. The Morgan fingerprint density at radius 3 is 2.24 bits per heavy atom. The molecule has 0 saturated heterocycles. The summed E-state index contributed by atoms with van der Waals surface area (Å²) in [4.78, 5) is 0. The summed E-state index contributed by atoms with van der Waals surface area (Å²) < 4.78 is 0. The molecule has 0 aromatic heterocycles. The SMILES string of the molecule is CC1CCC(C(CO)NC2CCCCC2)CC1. The highest BCUT2D eigenvalue weighted by molar-refractivity contribution is 4.84. The van der Waals surface area contributed by atoms with Gasteiger partial charge in [0.05, 0.1) is 6.61 Å². The summed E-state index contributed by atoms with van der Waals surface area (Å²) in [6.07, 6.45) is 12.1. The Balaban J connectivity index is 1.78. The molecule has 0 heterocycles. The Hall–Kier alpha value is -0.0800. The lowest BCUT2D eigenvalue weighted by Gasteiger charge is -2.35. The van der Waals surface area contributed by atoms with Crippen LogP contribution in [0.2, 0.25) is 0 Å². The van der Waals surface area contributed by atoms with Crippen LogP contribution in [0.3, 0.4) is 0 Å². The van der Waals surface area contributed by atoms with Crippen LogP contribution in [0.5, 0.6) is 0 Å². The van der Waals surface area contributed by atoms with Crippen molar-refractivity contribution >= 4 is 0 Å². The van der Waals surface area contributed by atoms with Crippen LogP contribution >= 0.6 is 0 Å². The summed E-state index contributed by atoms with van der Waals surface area (Å²) in [7, 11) is 0. The smallest absolute Gasteiger partial charge is 0.0587 e. The van der Waals surface area contributed by atoms with Crippen molar-refractivity contribution in [2.75, 3.05) is 6.61 Å². The fourth-order valence-corrected chi connectivity index (χ4v) is 3.60. The molecule has 1 unspecified atom stereocenters. The Morgan fingerprint density at radius 1 is 1.00 bits per heavy atom. The average Bonchev–Trinajstić information content (AvgIpc) is 2.38. The van der Waals surface area contributed by atoms with E-state index in [2.05, 4.69) is 12.2 Å². The molecule has 0 spiro atoms. The van der Waals surface area contributed by atoms with Gasteiger partial charge in [0.1, 0.15) is 0 Å². The topological polar surface area (TPSA) is 32.3 Å². The van der Waals surface area contributed by atoms with Gasteiger partial charge >= 0.3 is 0 Å². The van der Waals surface area contributed by atoms with Crippen LogP contribution in [0.15, 0.2) is 0 Å². The third-order valence-electron chi connectivity index (χ3n) is 4.88. The van der Waals surface area contributed by atoms with Gasteiger partial charge in [-0.05, 0) is 37.5 Å². The van der Waals surface area contributed by atoms with Gasteiger partial charge in [-0.15, -0.1) is 0 Å². The van der Waals surface area contributed by atoms with Gasteiger partial charge in [-0.25, -0.2) is 0 Å². The van der Waals surface area contributed by atoms with Gasteiger partial charge < -0.3 is 10.4 Å². The van der Waals surface area contributed by atoms with Gasteiger partial charge in [0.25, 0.3) is 0 Å². The van der Waals surface area contributed by atoms with E-state index >= 15 is 0 Å². The predicted molar refractivity (Wildman–Crippen MR) is 72.0 cm³/mol. The summed E-state index contributed by atoms with van der Waals surface area (Å²) >= 11 is 0. The monoisotopic (exact) mass is 239 g/mol. The van der Waals surface area contributed by atoms with Crippen molar-refractivity contribution in [3.63, 3.8) is 0 Å². The molecule has 0 aromatic rings. The molecular weight excluding hydrogens is 210 g/mol. The first kappa shape index (κ1) is 13.4. The second-order valence-electron chi connectivity index (χ2n) is 6.31. The lowest BCUT2D eigenvalue weighted by Crippen LogP contribution is -2.46. The molecule has 100 valence electrons. The fourth-order valence-electron chi connectivity index (χ4n) is 3.60. The lowest BCUT2D eigenvalue weighted by molar-refractivity contribution is 0.141. The van der Waals surface area contributed by atoms with Crippen molar-refractivity contribution in [1.29, 1.82) is 0 Å². The maximum absolute atomic E-state index is 9.61. The molecule has 2 N–H and O–H groups in total. The first-order chi connectivity index (χ1) is 8.29. The number of aliphatic hydroxyl groups is 1. The van der Waals surface area contributed by atoms with E-state index in [1.807, 2.05) is 0 Å². The zero-order chi connectivity index (χ0) is 12.1. The molecule has 0 amide bonds. The van der Waals surface area contributed by atoms with Crippen LogP contribution in [0.1, 0.15) is 64.7 Å². The largest absolute Gasteiger partial charge is 0.395 e. The lowest BCUT2D eigenvalue weighted by atomic mass is 9.79. The van der Waals surface area contributed by atoms with Gasteiger partial charge in [-0.1, -0.05) is 39.0 Å². The molecule has 2 saturated carbocycles. The second-order valence-corrected chi connectivity index (χ2v) is 6.31. The van der Waals surface area contributed by atoms with E-state index in [9.17, 15) is 5.11 Å². The summed E-state index contributed by atoms with van der Waals surface area (Å²) in [6, 6.07) is 1.05. The Labute approximate surface area is 106 Å². The zero-order valence-electron chi connectivity index (χ0n) is 11.3. The molecule has 0 radical (unpaired) electrons.